The number of carbonyl (C=O) groups is 2. The van der Waals surface area contributed by atoms with Gasteiger partial charge in [-0.05, 0) is 47.3 Å². The molecule has 0 radical (unpaired) electrons. The molecule has 1 unspecified atom stereocenters. The zero-order valence-electron chi connectivity index (χ0n) is 13.1. The first kappa shape index (κ1) is 16.2. The van der Waals surface area contributed by atoms with Crippen molar-refractivity contribution in [3.8, 4) is 0 Å². The Bertz CT molecular complexity index is 602. The van der Waals surface area contributed by atoms with E-state index in [1.165, 1.54) is 0 Å². The summed E-state index contributed by atoms with van der Waals surface area (Å²) in [5.74, 6) is 0.112. The second kappa shape index (κ2) is 6.86. The number of hydrogen-bond donors (Lipinski definition) is 0. The quantitative estimate of drug-likeness (QED) is 0.804. The van der Waals surface area contributed by atoms with E-state index < -0.39 is 0 Å². The first-order chi connectivity index (χ1) is 11.0. The lowest BCUT2D eigenvalue weighted by Crippen LogP contribution is -2.47. The molecule has 0 aliphatic carbocycles. The molecule has 2 aliphatic rings. The molecule has 0 spiro atoms. The van der Waals surface area contributed by atoms with Gasteiger partial charge in [0.05, 0.1) is 13.0 Å². The Hall–Kier alpha value is -1.63. The molecule has 3 heterocycles. The van der Waals surface area contributed by atoms with Crippen molar-refractivity contribution in [2.24, 2.45) is 0 Å². The molecule has 2 amide bonds. The SMILES string of the molecule is CC1CN(C2CCN(C(=O)Cc3cncc(Br)c3)CC2)C(=O)O1. The van der Waals surface area contributed by atoms with Crippen LogP contribution in [0, 0.1) is 0 Å². The Morgan fingerprint density at radius 3 is 2.74 bits per heavy atom. The lowest BCUT2D eigenvalue weighted by Gasteiger charge is -2.35. The standard InChI is InChI=1S/C16H20BrN3O3/c1-11-10-20(16(22)23-11)14-2-4-19(5-3-14)15(21)7-12-6-13(17)9-18-8-12/h6,8-9,11,14H,2-5,7,10H2,1H3. The molecule has 7 heteroatoms. The number of cyclic esters (lactones) is 1. The van der Waals surface area contributed by atoms with Gasteiger partial charge in [0.1, 0.15) is 6.10 Å². The van der Waals surface area contributed by atoms with Gasteiger partial charge < -0.3 is 14.5 Å². The van der Waals surface area contributed by atoms with E-state index in [4.69, 9.17) is 4.74 Å². The zero-order chi connectivity index (χ0) is 16.4. The molecule has 124 valence electrons. The monoisotopic (exact) mass is 381 g/mol. The fraction of sp³-hybridized carbons (Fsp3) is 0.562. The molecule has 0 aromatic carbocycles. The summed E-state index contributed by atoms with van der Waals surface area (Å²) in [5.41, 5.74) is 0.906. The summed E-state index contributed by atoms with van der Waals surface area (Å²) in [4.78, 5) is 32.0. The van der Waals surface area contributed by atoms with E-state index in [0.717, 1.165) is 22.9 Å². The van der Waals surface area contributed by atoms with Crippen LogP contribution in [0.1, 0.15) is 25.3 Å². The Morgan fingerprint density at radius 2 is 2.13 bits per heavy atom. The van der Waals surface area contributed by atoms with E-state index in [-0.39, 0.29) is 24.1 Å². The third kappa shape index (κ3) is 3.83. The summed E-state index contributed by atoms with van der Waals surface area (Å²) < 4.78 is 6.06. The van der Waals surface area contributed by atoms with E-state index in [1.54, 1.807) is 12.4 Å². The summed E-state index contributed by atoms with van der Waals surface area (Å²) in [7, 11) is 0. The largest absolute Gasteiger partial charge is 0.444 e. The smallest absolute Gasteiger partial charge is 0.410 e. The van der Waals surface area contributed by atoms with Crippen molar-refractivity contribution in [3.63, 3.8) is 0 Å². The molecule has 1 atom stereocenters. The third-order valence-electron chi connectivity index (χ3n) is 4.37. The fourth-order valence-electron chi connectivity index (χ4n) is 3.19. The van der Waals surface area contributed by atoms with Crippen LogP contribution >= 0.6 is 15.9 Å². The number of pyridine rings is 1. The van der Waals surface area contributed by atoms with Gasteiger partial charge in [0.25, 0.3) is 0 Å². The van der Waals surface area contributed by atoms with Crippen LogP contribution in [-0.4, -0.2) is 58.6 Å². The van der Waals surface area contributed by atoms with E-state index in [9.17, 15) is 9.59 Å². The molecule has 6 nitrogen and oxygen atoms in total. The van der Waals surface area contributed by atoms with Crippen molar-refractivity contribution in [1.29, 1.82) is 0 Å². The predicted octanol–water partition coefficient (Wildman–Crippen LogP) is 2.22. The van der Waals surface area contributed by atoms with Gasteiger partial charge in [0.2, 0.25) is 5.91 Å². The molecule has 3 rings (SSSR count). The second-order valence-corrected chi connectivity index (χ2v) is 7.06. The molecule has 0 N–H and O–H groups in total. The van der Waals surface area contributed by atoms with Gasteiger partial charge in [0, 0.05) is 36.0 Å². The Morgan fingerprint density at radius 1 is 1.39 bits per heavy atom. The van der Waals surface area contributed by atoms with Crippen molar-refractivity contribution in [2.45, 2.75) is 38.3 Å². The van der Waals surface area contributed by atoms with Gasteiger partial charge in [-0.3, -0.25) is 9.78 Å². The van der Waals surface area contributed by atoms with E-state index >= 15 is 0 Å². The third-order valence-corrected chi connectivity index (χ3v) is 4.80. The molecular weight excluding hydrogens is 362 g/mol. The average Bonchev–Trinajstić information content (AvgIpc) is 2.86. The summed E-state index contributed by atoms with van der Waals surface area (Å²) in [6, 6.07) is 2.10. The molecule has 2 aliphatic heterocycles. The first-order valence-corrected chi connectivity index (χ1v) is 8.66. The number of piperidine rings is 1. The van der Waals surface area contributed by atoms with Crippen LogP contribution in [0.3, 0.4) is 0 Å². The van der Waals surface area contributed by atoms with Gasteiger partial charge in [-0.1, -0.05) is 0 Å². The van der Waals surface area contributed by atoms with Crippen LogP contribution in [0.15, 0.2) is 22.9 Å². The Labute approximate surface area is 143 Å². The highest BCUT2D eigenvalue weighted by molar-refractivity contribution is 9.10. The van der Waals surface area contributed by atoms with Crippen molar-refractivity contribution >= 4 is 27.9 Å². The molecule has 2 fully saturated rings. The van der Waals surface area contributed by atoms with Gasteiger partial charge in [-0.2, -0.15) is 0 Å². The molecule has 0 saturated carbocycles. The molecular formula is C16H20BrN3O3. The van der Waals surface area contributed by atoms with Gasteiger partial charge >= 0.3 is 6.09 Å². The lowest BCUT2D eigenvalue weighted by atomic mass is 10.0. The normalized spacial score (nSPS) is 22.3. The van der Waals surface area contributed by atoms with E-state index in [2.05, 4.69) is 20.9 Å². The van der Waals surface area contributed by atoms with Crippen molar-refractivity contribution in [1.82, 2.24) is 14.8 Å². The minimum atomic E-state index is -0.220. The Kier molecular flexibility index (Phi) is 4.84. The first-order valence-electron chi connectivity index (χ1n) is 7.87. The van der Waals surface area contributed by atoms with Gasteiger partial charge in [-0.15, -0.1) is 0 Å². The Balaban J connectivity index is 1.52. The van der Waals surface area contributed by atoms with Crippen molar-refractivity contribution < 1.29 is 14.3 Å². The number of likely N-dealkylation sites (tertiary alicyclic amines) is 1. The van der Waals surface area contributed by atoms with Gasteiger partial charge in [-0.25, -0.2) is 4.79 Å². The van der Waals surface area contributed by atoms with Crippen LogP contribution in [0.25, 0.3) is 0 Å². The number of ether oxygens (including phenoxy) is 1. The molecule has 1 aromatic rings. The summed E-state index contributed by atoms with van der Waals surface area (Å²) in [6.45, 7) is 3.93. The highest BCUT2D eigenvalue weighted by atomic mass is 79.9. The number of hydrogen-bond acceptors (Lipinski definition) is 4. The number of nitrogens with zero attached hydrogens (tertiary/aromatic N) is 3. The maximum Gasteiger partial charge on any atom is 0.410 e. The molecule has 23 heavy (non-hydrogen) atoms. The number of aromatic nitrogens is 1. The highest BCUT2D eigenvalue weighted by Crippen LogP contribution is 2.23. The number of halogens is 1. The van der Waals surface area contributed by atoms with Gasteiger partial charge in [0.15, 0.2) is 0 Å². The summed E-state index contributed by atoms with van der Waals surface area (Å²) >= 11 is 3.37. The summed E-state index contributed by atoms with van der Waals surface area (Å²) in [6.07, 6.45) is 5.15. The van der Waals surface area contributed by atoms with Crippen LogP contribution in [0.4, 0.5) is 4.79 Å². The van der Waals surface area contributed by atoms with Crippen molar-refractivity contribution in [3.05, 3.63) is 28.5 Å². The number of rotatable bonds is 3. The maximum atomic E-state index is 12.4. The van der Waals surface area contributed by atoms with E-state index in [0.29, 0.717) is 26.1 Å². The lowest BCUT2D eigenvalue weighted by molar-refractivity contribution is -0.131. The topological polar surface area (TPSA) is 62.7 Å². The zero-order valence-corrected chi connectivity index (χ0v) is 14.7. The van der Waals surface area contributed by atoms with Crippen LogP contribution in [-0.2, 0) is 16.0 Å². The average molecular weight is 382 g/mol. The number of carbonyl (C=O) groups excluding carboxylic acids is 2. The fourth-order valence-corrected chi connectivity index (χ4v) is 3.60. The van der Waals surface area contributed by atoms with E-state index in [1.807, 2.05) is 22.8 Å². The number of amides is 2. The molecule has 2 saturated heterocycles. The van der Waals surface area contributed by atoms with Crippen LogP contribution < -0.4 is 0 Å². The highest BCUT2D eigenvalue weighted by Gasteiger charge is 2.36. The van der Waals surface area contributed by atoms with Crippen molar-refractivity contribution in [2.75, 3.05) is 19.6 Å². The molecule has 0 bridgehead atoms. The minimum absolute atomic E-state index is 0.0359. The van der Waals surface area contributed by atoms with Crippen LogP contribution in [0.2, 0.25) is 0 Å². The summed E-state index contributed by atoms with van der Waals surface area (Å²) in [5, 5.41) is 0. The molecule has 1 aromatic heterocycles. The predicted molar refractivity (Wildman–Crippen MR) is 87.9 cm³/mol. The van der Waals surface area contributed by atoms with Crippen LogP contribution in [0.5, 0.6) is 0 Å². The second-order valence-electron chi connectivity index (χ2n) is 6.15. The minimum Gasteiger partial charge on any atom is -0.444 e. The maximum absolute atomic E-state index is 12.4.